The van der Waals surface area contributed by atoms with Gasteiger partial charge < -0.3 is 14.8 Å². The molecule has 1 saturated heterocycles. The summed E-state index contributed by atoms with van der Waals surface area (Å²) < 4.78 is 34.3. The van der Waals surface area contributed by atoms with Gasteiger partial charge in [0.25, 0.3) is 0 Å². The number of hydrogen-bond acceptors (Lipinski definition) is 6. The van der Waals surface area contributed by atoms with E-state index in [2.05, 4.69) is 22.3 Å². The number of hydrogen-bond donors (Lipinski definition) is 1. The van der Waals surface area contributed by atoms with E-state index < -0.39 is 9.84 Å². The molecule has 1 heterocycles. The van der Waals surface area contributed by atoms with Crippen LogP contribution in [0.4, 0.5) is 0 Å². The highest BCUT2D eigenvalue weighted by molar-refractivity contribution is 7.90. The van der Waals surface area contributed by atoms with Gasteiger partial charge in [0.15, 0.2) is 9.84 Å². The molecule has 8 heteroatoms. The van der Waals surface area contributed by atoms with Crippen LogP contribution in [0.5, 0.6) is 5.75 Å². The molecule has 1 atom stereocenters. The van der Waals surface area contributed by atoms with Crippen LogP contribution in [0.15, 0.2) is 59.5 Å². The summed E-state index contributed by atoms with van der Waals surface area (Å²) in [7, 11) is -3.21. The predicted molar refractivity (Wildman–Crippen MR) is 119 cm³/mol. The lowest BCUT2D eigenvalue weighted by Gasteiger charge is -2.33. The zero-order valence-electron chi connectivity index (χ0n) is 17.8. The molecule has 2 aromatic carbocycles. The number of carbonyl (C=O) groups is 1. The fourth-order valence-electron chi connectivity index (χ4n) is 3.41. The smallest absolute Gasteiger partial charge is 0.220 e. The van der Waals surface area contributed by atoms with Gasteiger partial charge in [-0.15, -0.1) is 0 Å². The number of nitrogens with zero attached hydrogens (tertiary/aromatic N) is 1. The largest absolute Gasteiger partial charge is 0.494 e. The first-order chi connectivity index (χ1) is 14.9. The van der Waals surface area contributed by atoms with Gasteiger partial charge in [-0.2, -0.15) is 0 Å². The van der Waals surface area contributed by atoms with Gasteiger partial charge in [0, 0.05) is 38.9 Å². The lowest BCUT2D eigenvalue weighted by molar-refractivity contribution is -0.122. The zero-order valence-corrected chi connectivity index (χ0v) is 18.6. The number of ether oxygens (including phenoxy) is 2. The Balaban J connectivity index is 1.31. The Labute approximate surface area is 184 Å². The van der Waals surface area contributed by atoms with Gasteiger partial charge >= 0.3 is 0 Å². The minimum Gasteiger partial charge on any atom is -0.494 e. The molecular weight excluding hydrogens is 416 g/mol. The van der Waals surface area contributed by atoms with E-state index in [0.29, 0.717) is 38.3 Å². The van der Waals surface area contributed by atoms with E-state index in [0.717, 1.165) is 19.6 Å². The van der Waals surface area contributed by atoms with Crippen molar-refractivity contribution in [1.82, 2.24) is 10.2 Å². The Morgan fingerprint density at radius 1 is 1.16 bits per heavy atom. The molecule has 31 heavy (non-hydrogen) atoms. The molecule has 7 nitrogen and oxygen atoms in total. The van der Waals surface area contributed by atoms with Gasteiger partial charge in [0.2, 0.25) is 5.91 Å². The molecule has 168 valence electrons. The van der Waals surface area contributed by atoms with Crippen molar-refractivity contribution in [2.24, 2.45) is 0 Å². The Morgan fingerprint density at radius 3 is 2.61 bits per heavy atom. The van der Waals surface area contributed by atoms with Crippen LogP contribution >= 0.6 is 0 Å². The van der Waals surface area contributed by atoms with Crippen molar-refractivity contribution in [3.05, 3.63) is 60.2 Å². The van der Waals surface area contributed by atoms with E-state index >= 15 is 0 Å². The van der Waals surface area contributed by atoms with E-state index in [4.69, 9.17) is 9.47 Å². The molecule has 0 bridgehead atoms. The Kier molecular flexibility index (Phi) is 8.45. The maximum Gasteiger partial charge on any atom is 0.220 e. The number of amides is 1. The summed E-state index contributed by atoms with van der Waals surface area (Å²) in [5.41, 5.74) is 1.28. The minimum atomic E-state index is -3.21. The second-order valence-electron chi connectivity index (χ2n) is 7.71. The van der Waals surface area contributed by atoms with Crippen LogP contribution in [0.25, 0.3) is 0 Å². The van der Waals surface area contributed by atoms with Gasteiger partial charge in [-0.05, 0) is 36.2 Å². The molecule has 3 rings (SSSR count). The summed E-state index contributed by atoms with van der Waals surface area (Å²) in [4.78, 5) is 14.7. The van der Waals surface area contributed by atoms with Gasteiger partial charge in [-0.3, -0.25) is 9.69 Å². The lowest BCUT2D eigenvalue weighted by Crippen LogP contribution is -2.47. The van der Waals surface area contributed by atoms with Crippen molar-refractivity contribution in [1.29, 1.82) is 0 Å². The maximum atomic E-state index is 12.1. The van der Waals surface area contributed by atoms with Crippen molar-refractivity contribution in [2.75, 3.05) is 39.1 Å². The second-order valence-corrected chi connectivity index (χ2v) is 9.73. The van der Waals surface area contributed by atoms with Crippen LogP contribution in [0.1, 0.15) is 18.4 Å². The first-order valence-electron chi connectivity index (χ1n) is 10.5. The van der Waals surface area contributed by atoms with E-state index in [1.165, 1.54) is 24.0 Å². The van der Waals surface area contributed by atoms with Crippen molar-refractivity contribution in [2.45, 2.75) is 30.4 Å². The van der Waals surface area contributed by atoms with Crippen LogP contribution in [0.2, 0.25) is 0 Å². The zero-order chi connectivity index (χ0) is 22.1. The van der Waals surface area contributed by atoms with Crippen LogP contribution in [0, 0.1) is 0 Å². The SMILES string of the molecule is CS(=O)(=O)c1ccc(OCCCC(=O)NCC2CN(Cc3ccccc3)CCO2)cc1. The standard InChI is InChI=1S/C23H30N2O5S/c1-31(27,28)22-11-9-20(10-12-22)29-14-5-8-23(26)24-16-21-18-25(13-15-30-21)17-19-6-3-2-4-7-19/h2-4,6-7,9-12,21H,5,8,13-18H2,1H3,(H,24,26). The Hall–Kier alpha value is -2.42. The highest BCUT2D eigenvalue weighted by Gasteiger charge is 2.21. The molecule has 1 N–H and O–H groups in total. The third-order valence-corrected chi connectivity index (χ3v) is 6.20. The van der Waals surface area contributed by atoms with Crippen molar-refractivity contribution in [3.63, 3.8) is 0 Å². The average molecular weight is 447 g/mol. The van der Waals surface area contributed by atoms with E-state index in [9.17, 15) is 13.2 Å². The summed E-state index contributed by atoms with van der Waals surface area (Å²) in [5, 5.41) is 2.95. The van der Waals surface area contributed by atoms with Crippen molar-refractivity contribution in [3.8, 4) is 5.75 Å². The third-order valence-electron chi connectivity index (χ3n) is 5.07. The molecule has 0 aromatic heterocycles. The number of morpholine rings is 1. The van der Waals surface area contributed by atoms with Crippen LogP contribution in [0.3, 0.4) is 0 Å². The highest BCUT2D eigenvalue weighted by atomic mass is 32.2. The molecule has 1 aliphatic rings. The van der Waals surface area contributed by atoms with Gasteiger partial charge in [0.1, 0.15) is 5.75 Å². The van der Waals surface area contributed by atoms with Gasteiger partial charge in [-0.1, -0.05) is 30.3 Å². The number of carbonyl (C=O) groups excluding carboxylic acids is 1. The van der Waals surface area contributed by atoms with Crippen LogP contribution in [-0.4, -0.2) is 64.4 Å². The fraction of sp³-hybridized carbons (Fsp3) is 0.435. The quantitative estimate of drug-likeness (QED) is 0.564. The highest BCUT2D eigenvalue weighted by Crippen LogP contribution is 2.16. The molecule has 1 amide bonds. The first-order valence-corrected chi connectivity index (χ1v) is 12.4. The maximum absolute atomic E-state index is 12.1. The Morgan fingerprint density at radius 2 is 1.90 bits per heavy atom. The molecule has 2 aromatic rings. The van der Waals surface area contributed by atoms with E-state index in [-0.39, 0.29) is 16.9 Å². The van der Waals surface area contributed by atoms with E-state index in [1.54, 1.807) is 12.1 Å². The Bertz CT molecular complexity index is 932. The first kappa shape index (κ1) is 23.2. The molecule has 0 saturated carbocycles. The summed E-state index contributed by atoms with van der Waals surface area (Å²) in [6.07, 6.45) is 2.10. The van der Waals surface area contributed by atoms with Crippen LogP contribution < -0.4 is 10.1 Å². The topological polar surface area (TPSA) is 84.9 Å². The molecular formula is C23H30N2O5S. The molecule has 0 spiro atoms. The monoisotopic (exact) mass is 446 g/mol. The molecule has 1 fully saturated rings. The number of benzene rings is 2. The van der Waals surface area contributed by atoms with Crippen molar-refractivity contribution >= 4 is 15.7 Å². The summed E-state index contributed by atoms with van der Waals surface area (Å²) in [6, 6.07) is 16.6. The lowest BCUT2D eigenvalue weighted by atomic mass is 10.2. The van der Waals surface area contributed by atoms with Gasteiger partial charge in [-0.25, -0.2) is 8.42 Å². The fourth-order valence-corrected chi connectivity index (χ4v) is 4.04. The molecule has 0 aliphatic carbocycles. The predicted octanol–water partition coefficient (Wildman–Crippen LogP) is 2.27. The number of sulfone groups is 1. The summed E-state index contributed by atoms with van der Waals surface area (Å²) >= 11 is 0. The summed E-state index contributed by atoms with van der Waals surface area (Å²) in [6.45, 7) is 4.12. The van der Waals surface area contributed by atoms with E-state index in [1.807, 2.05) is 18.2 Å². The number of rotatable bonds is 10. The van der Waals surface area contributed by atoms with Crippen molar-refractivity contribution < 1.29 is 22.7 Å². The molecule has 1 unspecified atom stereocenters. The normalized spacial score (nSPS) is 17.3. The second kappa shape index (κ2) is 11.3. The van der Waals surface area contributed by atoms with Crippen LogP contribution in [-0.2, 0) is 25.9 Å². The van der Waals surface area contributed by atoms with Gasteiger partial charge in [0.05, 0.1) is 24.2 Å². The summed E-state index contributed by atoms with van der Waals surface area (Å²) in [5.74, 6) is 0.557. The average Bonchev–Trinajstić information content (AvgIpc) is 2.76. The number of nitrogens with one attached hydrogen (secondary N) is 1. The third kappa shape index (κ3) is 7.97. The molecule has 1 aliphatic heterocycles. The molecule has 0 radical (unpaired) electrons. The minimum absolute atomic E-state index is 0.00831.